The standard InChI is InChI=1S/C18H29N3O2S/c1-4-21-12(2)17(11-19-21)24(22,23)20-13(3)18-8-14-5-15(9-18)7-16(6-14)10-18/h11,13-16,20H,4-10H2,1-3H3. The van der Waals surface area contributed by atoms with Crippen molar-refractivity contribution in [3.05, 3.63) is 11.9 Å². The molecule has 24 heavy (non-hydrogen) atoms. The number of nitrogens with one attached hydrogen (secondary N) is 1. The Morgan fingerprint density at radius 3 is 2.25 bits per heavy atom. The van der Waals surface area contributed by atoms with Crippen molar-refractivity contribution in [1.82, 2.24) is 14.5 Å². The van der Waals surface area contributed by atoms with Crippen LogP contribution in [0.15, 0.2) is 11.1 Å². The Labute approximate surface area is 145 Å². The average molecular weight is 352 g/mol. The molecule has 4 saturated carbocycles. The normalized spacial score (nSPS) is 36.2. The summed E-state index contributed by atoms with van der Waals surface area (Å²) in [4.78, 5) is 0.334. The highest BCUT2D eigenvalue weighted by atomic mass is 32.2. The number of sulfonamides is 1. The largest absolute Gasteiger partial charge is 0.269 e. The lowest BCUT2D eigenvalue weighted by molar-refractivity contribution is -0.0666. The molecular weight excluding hydrogens is 322 g/mol. The maximum absolute atomic E-state index is 12.9. The van der Waals surface area contributed by atoms with Crippen molar-refractivity contribution in [2.75, 3.05) is 0 Å². The summed E-state index contributed by atoms with van der Waals surface area (Å²) in [6.45, 7) is 6.58. The highest BCUT2D eigenvalue weighted by Gasteiger charge is 2.53. The van der Waals surface area contributed by atoms with Gasteiger partial charge in [0, 0.05) is 12.6 Å². The minimum atomic E-state index is -3.51. The van der Waals surface area contributed by atoms with Crippen LogP contribution in [0.4, 0.5) is 0 Å². The number of aromatic nitrogens is 2. The molecule has 0 spiro atoms. The Morgan fingerprint density at radius 2 is 1.79 bits per heavy atom. The highest BCUT2D eigenvalue weighted by Crippen LogP contribution is 2.61. The van der Waals surface area contributed by atoms with Gasteiger partial charge in [-0.05, 0) is 82.5 Å². The predicted molar refractivity (Wildman–Crippen MR) is 93.0 cm³/mol. The molecule has 1 heterocycles. The van der Waals surface area contributed by atoms with Gasteiger partial charge >= 0.3 is 0 Å². The monoisotopic (exact) mass is 351 g/mol. The number of aryl methyl sites for hydroxylation is 1. The van der Waals surface area contributed by atoms with E-state index >= 15 is 0 Å². The van der Waals surface area contributed by atoms with Gasteiger partial charge in [0.25, 0.3) is 0 Å². The van der Waals surface area contributed by atoms with E-state index in [1.54, 1.807) is 4.68 Å². The van der Waals surface area contributed by atoms with Crippen LogP contribution in [0.2, 0.25) is 0 Å². The van der Waals surface area contributed by atoms with Crippen LogP contribution in [0.3, 0.4) is 0 Å². The van der Waals surface area contributed by atoms with Crippen LogP contribution in [0.25, 0.3) is 0 Å². The fourth-order valence-electron chi connectivity index (χ4n) is 6.14. The van der Waals surface area contributed by atoms with Crippen LogP contribution in [0, 0.1) is 30.1 Å². The van der Waals surface area contributed by atoms with Gasteiger partial charge < -0.3 is 0 Å². The fourth-order valence-corrected chi connectivity index (χ4v) is 7.66. The topological polar surface area (TPSA) is 64.0 Å². The zero-order valence-electron chi connectivity index (χ0n) is 15.0. The number of hydrogen-bond acceptors (Lipinski definition) is 3. The van der Waals surface area contributed by atoms with Crippen molar-refractivity contribution in [1.29, 1.82) is 0 Å². The molecule has 4 aliphatic rings. The molecule has 1 aromatic heterocycles. The van der Waals surface area contributed by atoms with E-state index in [0.29, 0.717) is 11.4 Å². The predicted octanol–water partition coefficient (Wildman–Crippen LogP) is 3.09. The summed E-state index contributed by atoms with van der Waals surface area (Å²) >= 11 is 0. The molecule has 0 radical (unpaired) electrons. The molecule has 1 atom stereocenters. The maximum Gasteiger partial charge on any atom is 0.244 e. The van der Waals surface area contributed by atoms with Gasteiger partial charge in [-0.1, -0.05) is 0 Å². The van der Waals surface area contributed by atoms with Gasteiger partial charge in [0.2, 0.25) is 10.0 Å². The first-order chi connectivity index (χ1) is 11.3. The molecule has 134 valence electrons. The summed E-state index contributed by atoms with van der Waals surface area (Å²) < 4.78 is 30.6. The van der Waals surface area contributed by atoms with Crippen LogP contribution < -0.4 is 4.72 Å². The minimum absolute atomic E-state index is 0.000256. The van der Waals surface area contributed by atoms with E-state index in [0.717, 1.165) is 23.4 Å². The second-order valence-electron chi connectivity index (χ2n) is 8.53. The first-order valence-corrected chi connectivity index (χ1v) is 10.9. The Kier molecular flexibility index (Phi) is 3.84. The third-order valence-corrected chi connectivity index (χ3v) is 8.63. The third-order valence-electron chi connectivity index (χ3n) is 6.98. The van der Waals surface area contributed by atoms with E-state index in [9.17, 15) is 8.42 Å². The number of hydrogen-bond donors (Lipinski definition) is 1. The lowest BCUT2D eigenvalue weighted by atomic mass is 9.48. The zero-order chi connectivity index (χ0) is 17.1. The van der Waals surface area contributed by atoms with Crippen LogP contribution in [-0.4, -0.2) is 24.2 Å². The van der Waals surface area contributed by atoms with Gasteiger partial charge in [-0.2, -0.15) is 5.10 Å². The van der Waals surface area contributed by atoms with E-state index in [2.05, 4.69) is 16.7 Å². The molecule has 0 aromatic carbocycles. The summed E-state index contributed by atoms with van der Waals surface area (Å²) in [5, 5.41) is 4.20. The van der Waals surface area contributed by atoms with E-state index in [4.69, 9.17) is 0 Å². The fraction of sp³-hybridized carbons (Fsp3) is 0.833. The first kappa shape index (κ1) is 16.6. The molecule has 0 saturated heterocycles. The molecule has 1 unspecified atom stereocenters. The van der Waals surface area contributed by atoms with Gasteiger partial charge in [-0.15, -0.1) is 0 Å². The maximum atomic E-state index is 12.9. The zero-order valence-corrected chi connectivity index (χ0v) is 15.8. The molecule has 5 rings (SSSR count). The molecule has 5 nitrogen and oxygen atoms in total. The molecule has 4 aliphatic carbocycles. The van der Waals surface area contributed by atoms with Crippen molar-refractivity contribution < 1.29 is 8.42 Å². The Bertz CT molecular complexity index is 702. The van der Waals surface area contributed by atoms with Gasteiger partial charge in [-0.3, -0.25) is 4.68 Å². The molecule has 6 heteroatoms. The Hall–Kier alpha value is -0.880. The number of nitrogens with zero attached hydrogens (tertiary/aromatic N) is 2. The average Bonchev–Trinajstić information content (AvgIpc) is 2.87. The van der Waals surface area contributed by atoms with Gasteiger partial charge in [0.05, 0.1) is 11.9 Å². The van der Waals surface area contributed by atoms with E-state index in [1.807, 2.05) is 13.8 Å². The second-order valence-corrected chi connectivity index (χ2v) is 10.2. The molecule has 0 aliphatic heterocycles. The summed E-state index contributed by atoms with van der Waals surface area (Å²) in [6.07, 6.45) is 9.23. The van der Waals surface area contributed by atoms with Crippen LogP contribution in [0.5, 0.6) is 0 Å². The van der Waals surface area contributed by atoms with Gasteiger partial charge in [0.1, 0.15) is 4.90 Å². The van der Waals surface area contributed by atoms with Crippen LogP contribution in [0.1, 0.15) is 58.1 Å². The third kappa shape index (κ3) is 2.53. The summed E-state index contributed by atoms with van der Waals surface area (Å²) in [6, 6.07) is 0.000256. The summed E-state index contributed by atoms with van der Waals surface area (Å²) in [5.74, 6) is 2.48. The molecule has 1 aromatic rings. The first-order valence-electron chi connectivity index (χ1n) is 9.37. The minimum Gasteiger partial charge on any atom is -0.269 e. The molecule has 4 bridgehead atoms. The van der Waals surface area contributed by atoms with Crippen LogP contribution >= 0.6 is 0 Å². The van der Waals surface area contributed by atoms with Gasteiger partial charge in [0.15, 0.2) is 0 Å². The second kappa shape index (κ2) is 5.56. The molecule has 4 fully saturated rings. The van der Waals surface area contributed by atoms with E-state index < -0.39 is 10.0 Å². The highest BCUT2D eigenvalue weighted by molar-refractivity contribution is 7.89. The summed E-state index contributed by atoms with van der Waals surface area (Å²) in [7, 11) is -3.51. The Balaban J connectivity index is 1.57. The quantitative estimate of drug-likeness (QED) is 0.886. The molecular formula is C18H29N3O2S. The lowest BCUT2D eigenvalue weighted by Gasteiger charge is -2.59. The van der Waals surface area contributed by atoms with Crippen molar-refractivity contribution >= 4 is 10.0 Å². The van der Waals surface area contributed by atoms with Crippen molar-refractivity contribution in [2.24, 2.45) is 23.2 Å². The lowest BCUT2D eigenvalue weighted by Crippen LogP contribution is -2.55. The van der Waals surface area contributed by atoms with Gasteiger partial charge in [-0.25, -0.2) is 13.1 Å². The van der Waals surface area contributed by atoms with Crippen LogP contribution in [-0.2, 0) is 16.6 Å². The molecule has 1 N–H and O–H groups in total. The van der Waals surface area contributed by atoms with Crippen molar-refractivity contribution in [3.63, 3.8) is 0 Å². The van der Waals surface area contributed by atoms with Crippen molar-refractivity contribution in [3.8, 4) is 0 Å². The smallest absolute Gasteiger partial charge is 0.244 e. The van der Waals surface area contributed by atoms with E-state index in [1.165, 1.54) is 44.7 Å². The number of rotatable bonds is 5. The summed E-state index contributed by atoms with van der Waals surface area (Å²) in [5.41, 5.74) is 0.902. The Morgan fingerprint density at radius 1 is 1.25 bits per heavy atom. The van der Waals surface area contributed by atoms with Crippen molar-refractivity contribution in [2.45, 2.75) is 76.8 Å². The SMILES string of the molecule is CCn1ncc(S(=O)(=O)NC(C)C23CC4CC(CC(C4)C2)C3)c1C. The van der Waals surface area contributed by atoms with E-state index in [-0.39, 0.29) is 11.5 Å². The molecule has 0 amide bonds.